The first-order valence-electron chi connectivity index (χ1n) is 8.77. The van der Waals surface area contributed by atoms with Crippen LogP contribution in [0.1, 0.15) is 37.8 Å². The molecule has 1 amide bonds. The third-order valence-corrected chi connectivity index (χ3v) is 7.01. The molecule has 132 valence electrons. The summed E-state index contributed by atoms with van der Waals surface area (Å²) in [7, 11) is -3.42. The van der Waals surface area contributed by atoms with Gasteiger partial charge in [-0.1, -0.05) is 31.2 Å². The molecule has 2 heterocycles. The Labute approximate surface area is 144 Å². The fourth-order valence-corrected chi connectivity index (χ4v) is 4.99. The lowest BCUT2D eigenvalue weighted by molar-refractivity contribution is -0.137. The second-order valence-electron chi connectivity index (χ2n) is 6.97. The van der Waals surface area contributed by atoms with Crippen molar-refractivity contribution in [2.24, 2.45) is 5.92 Å². The molecule has 2 aliphatic rings. The molecule has 0 bridgehead atoms. The number of carbonyl (C=O) groups is 1. The van der Waals surface area contributed by atoms with Crippen molar-refractivity contribution in [1.29, 1.82) is 0 Å². The Bertz CT molecular complexity index is 717. The first-order valence-corrected chi connectivity index (χ1v) is 10.4. The van der Waals surface area contributed by atoms with Crippen molar-refractivity contribution < 1.29 is 13.2 Å². The number of amides is 1. The summed E-state index contributed by atoms with van der Waals surface area (Å²) in [5, 5.41) is 0. The number of nitrogens with zero attached hydrogens (tertiary/aromatic N) is 2. The predicted molar refractivity (Wildman–Crippen MR) is 93.9 cm³/mol. The van der Waals surface area contributed by atoms with E-state index in [0.29, 0.717) is 18.9 Å². The molecule has 0 spiro atoms. The average molecular weight is 350 g/mol. The topological polar surface area (TPSA) is 57.7 Å². The van der Waals surface area contributed by atoms with E-state index in [-0.39, 0.29) is 11.7 Å². The summed E-state index contributed by atoms with van der Waals surface area (Å²) in [6.07, 6.45) is 2.60. The Morgan fingerprint density at radius 2 is 1.96 bits per heavy atom. The summed E-state index contributed by atoms with van der Waals surface area (Å²) in [5.41, 5.74) is 2.09. The van der Waals surface area contributed by atoms with E-state index >= 15 is 0 Å². The summed E-state index contributed by atoms with van der Waals surface area (Å²) >= 11 is 0. The highest BCUT2D eigenvalue weighted by molar-refractivity contribution is 7.89. The molecule has 1 fully saturated rings. The molecule has 2 atom stereocenters. The molecule has 2 aliphatic heterocycles. The van der Waals surface area contributed by atoms with Crippen LogP contribution >= 0.6 is 0 Å². The zero-order chi connectivity index (χ0) is 17.3. The summed E-state index contributed by atoms with van der Waals surface area (Å²) in [6, 6.07) is 7.23. The standard InChI is InChI=1S/C18H26N2O3S/c1-3-24(22,23)20-13-16-9-5-4-8-15(16)11-17(20)18(21)19-10-6-7-14(2)12-19/h4-5,8-9,14,17H,3,6-7,10-13H2,1-2H3/t14-,17-/m1/s1. The molecule has 1 aromatic carbocycles. The highest BCUT2D eigenvalue weighted by Crippen LogP contribution is 2.28. The van der Waals surface area contributed by atoms with Gasteiger partial charge in [-0.3, -0.25) is 4.79 Å². The molecule has 0 radical (unpaired) electrons. The van der Waals surface area contributed by atoms with Crippen LogP contribution in [0, 0.1) is 5.92 Å². The quantitative estimate of drug-likeness (QED) is 0.838. The molecule has 1 aromatic rings. The fraction of sp³-hybridized carbons (Fsp3) is 0.611. The van der Waals surface area contributed by atoms with Crippen LogP contribution in [0.3, 0.4) is 0 Å². The molecule has 0 unspecified atom stereocenters. The molecule has 0 aliphatic carbocycles. The third-order valence-electron chi connectivity index (χ3n) is 5.18. The summed E-state index contributed by atoms with van der Waals surface area (Å²) in [6.45, 7) is 5.56. The maximum Gasteiger partial charge on any atom is 0.241 e. The Kier molecular flexibility index (Phi) is 4.97. The van der Waals surface area contributed by atoms with Gasteiger partial charge in [-0.2, -0.15) is 4.31 Å². The number of likely N-dealkylation sites (tertiary alicyclic amines) is 1. The average Bonchev–Trinajstić information content (AvgIpc) is 2.60. The Morgan fingerprint density at radius 1 is 1.25 bits per heavy atom. The van der Waals surface area contributed by atoms with Gasteiger partial charge in [0.05, 0.1) is 5.75 Å². The van der Waals surface area contributed by atoms with E-state index in [9.17, 15) is 13.2 Å². The Morgan fingerprint density at radius 3 is 2.62 bits per heavy atom. The van der Waals surface area contributed by atoms with Crippen molar-refractivity contribution in [3.8, 4) is 0 Å². The van der Waals surface area contributed by atoms with Crippen LogP contribution in [0.4, 0.5) is 0 Å². The van der Waals surface area contributed by atoms with Gasteiger partial charge < -0.3 is 4.90 Å². The van der Waals surface area contributed by atoms with Crippen LogP contribution in [0.2, 0.25) is 0 Å². The van der Waals surface area contributed by atoms with E-state index in [1.54, 1.807) is 6.92 Å². The maximum atomic E-state index is 13.1. The molecule has 0 saturated carbocycles. The van der Waals surface area contributed by atoms with Gasteiger partial charge in [0.15, 0.2) is 0 Å². The predicted octanol–water partition coefficient (Wildman–Crippen LogP) is 2.02. The molecular formula is C18H26N2O3S. The summed E-state index contributed by atoms with van der Waals surface area (Å²) in [5.74, 6) is 0.470. The van der Waals surface area contributed by atoms with Crippen molar-refractivity contribution in [3.05, 3.63) is 35.4 Å². The van der Waals surface area contributed by atoms with Crippen molar-refractivity contribution in [3.63, 3.8) is 0 Å². The maximum absolute atomic E-state index is 13.1. The number of sulfonamides is 1. The first kappa shape index (κ1) is 17.4. The minimum Gasteiger partial charge on any atom is -0.341 e. The van der Waals surface area contributed by atoms with Crippen LogP contribution in [0.25, 0.3) is 0 Å². The van der Waals surface area contributed by atoms with Gasteiger partial charge in [0.2, 0.25) is 15.9 Å². The number of rotatable bonds is 3. The first-order chi connectivity index (χ1) is 11.4. The van der Waals surface area contributed by atoms with E-state index in [0.717, 1.165) is 37.1 Å². The van der Waals surface area contributed by atoms with Crippen LogP contribution in [-0.4, -0.2) is 48.4 Å². The Hall–Kier alpha value is -1.40. The molecule has 0 N–H and O–H groups in total. The van der Waals surface area contributed by atoms with Gasteiger partial charge in [-0.05, 0) is 43.2 Å². The molecule has 5 nitrogen and oxygen atoms in total. The summed E-state index contributed by atoms with van der Waals surface area (Å²) < 4.78 is 26.6. The fourth-order valence-electron chi connectivity index (χ4n) is 3.77. The lowest BCUT2D eigenvalue weighted by Crippen LogP contribution is -2.55. The SMILES string of the molecule is CCS(=O)(=O)N1Cc2ccccc2C[C@@H]1C(=O)N1CCC[C@@H](C)C1. The molecule has 24 heavy (non-hydrogen) atoms. The molecule has 3 rings (SSSR count). The number of fused-ring (bicyclic) bond motifs is 1. The molecule has 0 aromatic heterocycles. The Balaban J connectivity index is 1.92. The number of hydrogen-bond acceptors (Lipinski definition) is 3. The highest BCUT2D eigenvalue weighted by Gasteiger charge is 2.40. The third kappa shape index (κ3) is 3.35. The van der Waals surface area contributed by atoms with E-state index in [1.807, 2.05) is 29.2 Å². The summed E-state index contributed by atoms with van der Waals surface area (Å²) in [4.78, 5) is 15.0. The highest BCUT2D eigenvalue weighted by atomic mass is 32.2. The van der Waals surface area contributed by atoms with E-state index in [1.165, 1.54) is 4.31 Å². The molecule has 1 saturated heterocycles. The van der Waals surface area contributed by atoms with Gasteiger partial charge in [0, 0.05) is 19.6 Å². The van der Waals surface area contributed by atoms with Crippen molar-refractivity contribution in [2.75, 3.05) is 18.8 Å². The van der Waals surface area contributed by atoms with Gasteiger partial charge in [0.1, 0.15) is 6.04 Å². The van der Waals surface area contributed by atoms with E-state index < -0.39 is 16.1 Å². The van der Waals surface area contributed by atoms with Crippen LogP contribution in [-0.2, 0) is 27.8 Å². The van der Waals surface area contributed by atoms with Crippen molar-refractivity contribution in [1.82, 2.24) is 9.21 Å². The minimum absolute atomic E-state index is 0.0232. The van der Waals surface area contributed by atoms with Crippen LogP contribution < -0.4 is 0 Å². The number of hydrogen-bond donors (Lipinski definition) is 0. The number of carbonyl (C=O) groups excluding carboxylic acids is 1. The van der Waals surface area contributed by atoms with E-state index in [4.69, 9.17) is 0 Å². The van der Waals surface area contributed by atoms with Gasteiger partial charge in [0.25, 0.3) is 0 Å². The zero-order valence-electron chi connectivity index (χ0n) is 14.4. The molecule has 6 heteroatoms. The van der Waals surface area contributed by atoms with Crippen LogP contribution in [0.15, 0.2) is 24.3 Å². The minimum atomic E-state index is -3.42. The second kappa shape index (κ2) is 6.84. The largest absolute Gasteiger partial charge is 0.341 e. The molecular weight excluding hydrogens is 324 g/mol. The van der Waals surface area contributed by atoms with Gasteiger partial charge in [-0.25, -0.2) is 8.42 Å². The van der Waals surface area contributed by atoms with Crippen molar-refractivity contribution >= 4 is 15.9 Å². The zero-order valence-corrected chi connectivity index (χ0v) is 15.3. The van der Waals surface area contributed by atoms with Gasteiger partial charge >= 0.3 is 0 Å². The smallest absolute Gasteiger partial charge is 0.241 e. The van der Waals surface area contributed by atoms with Gasteiger partial charge in [-0.15, -0.1) is 0 Å². The van der Waals surface area contributed by atoms with Crippen LogP contribution in [0.5, 0.6) is 0 Å². The second-order valence-corrected chi connectivity index (χ2v) is 9.18. The normalized spacial score (nSPS) is 25.3. The number of piperidine rings is 1. The van der Waals surface area contributed by atoms with E-state index in [2.05, 4.69) is 6.92 Å². The van der Waals surface area contributed by atoms with Crippen molar-refractivity contribution in [2.45, 2.75) is 45.7 Å². The lowest BCUT2D eigenvalue weighted by Gasteiger charge is -2.39. The lowest BCUT2D eigenvalue weighted by atomic mass is 9.93. The monoisotopic (exact) mass is 350 g/mol. The number of benzene rings is 1.